The van der Waals surface area contributed by atoms with Crippen molar-refractivity contribution in [2.24, 2.45) is 45.3 Å². The minimum Gasteiger partial charge on any atom is -0.394 e. The van der Waals surface area contributed by atoms with Gasteiger partial charge in [-0.2, -0.15) is 0 Å². The zero-order valence-electron chi connectivity index (χ0n) is 28.9. The first-order valence-electron chi connectivity index (χ1n) is 17.4. The highest BCUT2D eigenvalue weighted by Gasteiger charge is 2.71. The van der Waals surface area contributed by atoms with Crippen LogP contribution in [0, 0.1) is 45.3 Å². The molecule has 1 heterocycles. The topological polar surface area (TPSA) is 126 Å². The van der Waals surface area contributed by atoms with E-state index in [1.165, 1.54) is 11.9 Å². The van der Waals surface area contributed by atoms with E-state index in [1.807, 2.05) is 0 Å². The second kappa shape index (κ2) is 12.4. The molecular weight excluding hydrogens is 572 g/mol. The van der Waals surface area contributed by atoms with Crippen LogP contribution in [0.4, 0.5) is 0 Å². The van der Waals surface area contributed by atoms with Crippen LogP contribution in [-0.2, 0) is 19.0 Å². The minimum absolute atomic E-state index is 0.0409. The predicted octanol–water partition coefficient (Wildman–Crippen LogP) is 4.96. The first-order valence-corrected chi connectivity index (χ1v) is 17.4. The molecule has 0 unspecified atom stereocenters. The van der Waals surface area contributed by atoms with Crippen molar-refractivity contribution in [3.05, 3.63) is 23.8 Å². The Balaban J connectivity index is 1.55. The van der Waals surface area contributed by atoms with Crippen molar-refractivity contribution in [3.63, 3.8) is 0 Å². The summed E-state index contributed by atoms with van der Waals surface area (Å²) in [5.74, 6) is 0.882. The van der Waals surface area contributed by atoms with Gasteiger partial charge in [-0.25, -0.2) is 0 Å². The average Bonchev–Trinajstić information content (AvgIpc) is 3.27. The minimum atomic E-state index is -1.52. The summed E-state index contributed by atoms with van der Waals surface area (Å²) >= 11 is 0. The number of ether oxygens (including phenoxy) is 3. The van der Waals surface area contributed by atoms with Crippen LogP contribution in [-0.4, -0.2) is 82.8 Å². The summed E-state index contributed by atoms with van der Waals surface area (Å²) < 4.78 is 18.3. The molecule has 4 aliphatic carbocycles. The smallest absolute Gasteiger partial charge is 0.187 e. The van der Waals surface area contributed by atoms with Gasteiger partial charge < -0.3 is 39.4 Å². The Labute approximate surface area is 270 Å². The molecule has 0 amide bonds. The number of allylic oxidation sites excluding steroid dienone is 2. The lowest BCUT2D eigenvalue weighted by Gasteiger charge is -2.66. The Kier molecular flexibility index (Phi) is 9.69. The molecule has 4 fully saturated rings. The Morgan fingerprint density at radius 3 is 2.38 bits per heavy atom. The van der Waals surface area contributed by atoms with E-state index in [0.717, 1.165) is 51.4 Å². The molecule has 0 aromatic carbocycles. The maximum atomic E-state index is 13.7. The standard InChI is InChI=1S/C37H60O8/c1-22(11-9-15-34(4,5)43-8)23-13-16-36(7)31-26(44-32-30(42)29(41)28(40)27(20-38)45-32)19-25-24(12-10-14-33(25,2)3)37(31,21-39)18-17-35(23,36)6/h9,15,19,21-24,26-32,38,40-42H,10-14,16-18,20H2,1-8H3/t22-,23-,24+,26+,27-,28+,29+,30-,31+,32-,35-,36+,37-/m1/s1. The molecule has 4 N–H and O–H groups in total. The number of carbonyl (C=O) groups excluding carboxylic acids is 1. The van der Waals surface area contributed by atoms with E-state index >= 15 is 0 Å². The Morgan fingerprint density at radius 2 is 1.73 bits per heavy atom. The number of aldehydes is 1. The van der Waals surface area contributed by atoms with Gasteiger partial charge in [0, 0.05) is 18.4 Å². The molecule has 5 rings (SSSR count). The highest BCUT2D eigenvalue weighted by molar-refractivity contribution is 5.65. The number of carbonyl (C=O) groups is 1. The largest absolute Gasteiger partial charge is 0.394 e. The summed E-state index contributed by atoms with van der Waals surface area (Å²) in [6.07, 6.45) is 8.43. The molecule has 13 atom stereocenters. The van der Waals surface area contributed by atoms with Gasteiger partial charge in [-0.3, -0.25) is 0 Å². The van der Waals surface area contributed by atoms with Crippen molar-refractivity contribution < 1.29 is 39.4 Å². The van der Waals surface area contributed by atoms with Crippen LogP contribution in [0.5, 0.6) is 0 Å². The lowest BCUT2D eigenvalue weighted by Crippen LogP contribution is -2.65. The van der Waals surface area contributed by atoms with Gasteiger partial charge in [0.15, 0.2) is 6.29 Å². The van der Waals surface area contributed by atoms with Gasteiger partial charge >= 0.3 is 0 Å². The quantitative estimate of drug-likeness (QED) is 0.208. The molecule has 3 saturated carbocycles. The molecular formula is C37H60O8. The number of hydrogen-bond donors (Lipinski definition) is 4. The molecule has 5 aliphatic rings. The number of rotatable bonds is 9. The van der Waals surface area contributed by atoms with Crippen LogP contribution in [0.2, 0.25) is 0 Å². The number of hydrogen-bond acceptors (Lipinski definition) is 8. The summed E-state index contributed by atoms with van der Waals surface area (Å²) in [5.41, 5.74) is -0.0407. The van der Waals surface area contributed by atoms with E-state index < -0.39 is 48.8 Å². The summed E-state index contributed by atoms with van der Waals surface area (Å²) in [6, 6.07) is 0. The molecule has 8 nitrogen and oxygen atoms in total. The second-order valence-electron chi connectivity index (χ2n) is 16.9. The fraction of sp³-hybridized carbons (Fsp3) is 0.865. The lowest BCUT2D eigenvalue weighted by molar-refractivity contribution is -0.321. The van der Waals surface area contributed by atoms with Crippen molar-refractivity contribution in [3.8, 4) is 0 Å². The summed E-state index contributed by atoms with van der Waals surface area (Å²) in [4.78, 5) is 13.7. The van der Waals surface area contributed by atoms with Gasteiger partial charge in [0.05, 0.1) is 18.3 Å². The van der Waals surface area contributed by atoms with Crippen molar-refractivity contribution in [2.75, 3.05) is 13.7 Å². The van der Waals surface area contributed by atoms with Crippen molar-refractivity contribution >= 4 is 6.29 Å². The average molecular weight is 633 g/mol. The Morgan fingerprint density at radius 1 is 1.02 bits per heavy atom. The predicted molar refractivity (Wildman–Crippen MR) is 172 cm³/mol. The van der Waals surface area contributed by atoms with Gasteiger partial charge in [-0.15, -0.1) is 0 Å². The lowest BCUT2D eigenvalue weighted by atomic mass is 9.38. The zero-order valence-corrected chi connectivity index (χ0v) is 28.9. The van der Waals surface area contributed by atoms with Crippen LogP contribution in [0.1, 0.15) is 99.8 Å². The molecule has 0 aromatic rings. The van der Waals surface area contributed by atoms with Gasteiger partial charge in [0.25, 0.3) is 0 Å². The van der Waals surface area contributed by atoms with Crippen molar-refractivity contribution in [1.82, 2.24) is 0 Å². The fourth-order valence-electron chi connectivity index (χ4n) is 10.8. The molecule has 0 spiro atoms. The zero-order chi connectivity index (χ0) is 33.2. The molecule has 45 heavy (non-hydrogen) atoms. The van der Waals surface area contributed by atoms with Crippen molar-refractivity contribution in [1.29, 1.82) is 0 Å². The molecule has 0 radical (unpaired) electrons. The van der Waals surface area contributed by atoms with Crippen LogP contribution in [0.3, 0.4) is 0 Å². The van der Waals surface area contributed by atoms with E-state index in [0.29, 0.717) is 11.8 Å². The second-order valence-corrected chi connectivity index (χ2v) is 16.9. The number of methoxy groups -OCH3 is 1. The number of fused-ring (bicyclic) bond motifs is 5. The number of aliphatic hydroxyl groups excluding tert-OH is 4. The van der Waals surface area contributed by atoms with E-state index in [2.05, 4.69) is 66.7 Å². The molecule has 8 heteroatoms. The van der Waals surface area contributed by atoms with E-state index in [1.54, 1.807) is 7.11 Å². The van der Waals surface area contributed by atoms with Crippen LogP contribution < -0.4 is 0 Å². The summed E-state index contributed by atoms with van der Waals surface area (Å²) in [7, 11) is 1.73. The maximum absolute atomic E-state index is 13.7. The third-order valence-electron chi connectivity index (χ3n) is 13.8. The molecule has 1 saturated heterocycles. The highest BCUT2D eigenvalue weighted by Crippen LogP contribution is 2.75. The molecule has 1 aliphatic heterocycles. The van der Waals surface area contributed by atoms with E-state index in [9.17, 15) is 25.2 Å². The summed E-state index contributed by atoms with van der Waals surface area (Å²) in [5, 5.41) is 42.0. The van der Waals surface area contributed by atoms with E-state index in [4.69, 9.17) is 14.2 Å². The van der Waals surface area contributed by atoms with Crippen LogP contribution in [0.25, 0.3) is 0 Å². The number of aliphatic hydroxyl groups is 4. The SMILES string of the molecule is COC(C)(C)C=CC[C@@H](C)[C@H]1CC[C@@]2(C)[C@@H]3[C@@H](O[C@@H]4O[C@H](CO)[C@H](O)[C@H](O)[C@H]4O)C=C4[C@H](CCCC4(C)C)[C@]3(C=O)CC[C@]12C. The van der Waals surface area contributed by atoms with Gasteiger partial charge in [-0.1, -0.05) is 64.8 Å². The highest BCUT2D eigenvalue weighted by atomic mass is 16.7. The molecule has 0 aromatic heterocycles. The fourth-order valence-corrected chi connectivity index (χ4v) is 10.8. The van der Waals surface area contributed by atoms with E-state index in [-0.39, 0.29) is 33.7 Å². The molecule has 0 bridgehead atoms. The van der Waals surface area contributed by atoms with Crippen LogP contribution >= 0.6 is 0 Å². The van der Waals surface area contributed by atoms with Crippen molar-refractivity contribution in [2.45, 2.75) is 142 Å². The first-order chi connectivity index (χ1) is 21.0. The molecule has 256 valence electrons. The van der Waals surface area contributed by atoms with Gasteiger partial charge in [-0.05, 0) is 92.8 Å². The van der Waals surface area contributed by atoms with Gasteiger partial charge in [0.2, 0.25) is 0 Å². The Hall–Kier alpha value is -1.13. The van der Waals surface area contributed by atoms with Gasteiger partial charge in [0.1, 0.15) is 30.7 Å². The third-order valence-corrected chi connectivity index (χ3v) is 13.8. The summed E-state index contributed by atoms with van der Waals surface area (Å²) in [6.45, 7) is 15.3. The monoisotopic (exact) mass is 632 g/mol. The van der Waals surface area contributed by atoms with Crippen LogP contribution in [0.15, 0.2) is 23.8 Å². The normalized spacial score (nSPS) is 47.0. The maximum Gasteiger partial charge on any atom is 0.187 e. The Bertz CT molecular complexity index is 1150. The first kappa shape index (κ1) is 35.2. The third kappa shape index (κ3) is 5.62.